The summed E-state index contributed by atoms with van der Waals surface area (Å²) in [5, 5.41) is 0. The molecule has 0 radical (unpaired) electrons. The van der Waals surface area contributed by atoms with Crippen LogP contribution in [0.5, 0.6) is 5.75 Å². The van der Waals surface area contributed by atoms with E-state index in [1.807, 2.05) is 36.4 Å². The molecular formula is C16H12O4. The summed E-state index contributed by atoms with van der Waals surface area (Å²) in [7, 11) is 1.62. The molecule has 0 bridgehead atoms. The molecule has 3 rings (SSSR count). The van der Waals surface area contributed by atoms with Gasteiger partial charge in [-0.05, 0) is 30.3 Å². The number of esters is 1. The molecule has 0 atom stereocenters. The van der Waals surface area contributed by atoms with Gasteiger partial charge in [0.1, 0.15) is 23.0 Å². The number of ether oxygens (including phenoxy) is 2. The van der Waals surface area contributed by atoms with Crippen molar-refractivity contribution in [1.82, 2.24) is 0 Å². The minimum absolute atomic E-state index is 0.368. The molecule has 4 heteroatoms. The van der Waals surface area contributed by atoms with Crippen LogP contribution in [0.3, 0.4) is 0 Å². The average molecular weight is 268 g/mol. The molecule has 0 N–H and O–H groups in total. The van der Waals surface area contributed by atoms with Crippen molar-refractivity contribution >= 4 is 12.0 Å². The van der Waals surface area contributed by atoms with E-state index in [9.17, 15) is 4.79 Å². The SMILES string of the molecule is COc1ccccc1-c1ccc(C=C2C=CC(=O)O2)o1. The second-order valence-electron chi connectivity index (χ2n) is 4.20. The monoisotopic (exact) mass is 268 g/mol. The van der Waals surface area contributed by atoms with Gasteiger partial charge in [-0.15, -0.1) is 0 Å². The number of hydrogen-bond donors (Lipinski definition) is 0. The Labute approximate surface area is 115 Å². The number of allylic oxidation sites excluding steroid dienone is 1. The Morgan fingerprint density at radius 1 is 1.10 bits per heavy atom. The zero-order chi connectivity index (χ0) is 13.9. The van der Waals surface area contributed by atoms with Crippen molar-refractivity contribution in [3.05, 3.63) is 60.1 Å². The van der Waals surface area contributed by atoms with Crippen LogP contribution in [0.15, 0.2) is 58.7 Å². The Balaban J connectivity index is 1.91. The number of benzene rings is 1. The van der Waals surface area contributed by atoms with Gasteiger partial charge >= 0.3 is 5.97 Å². The molecule has 0 unspecified atom stereocenters. The molecule has 0 amide bonds. The molecule has 0 spiro atoms. The summed E-state index contributed by atoms with van der Waals surface area (Å²) in [5.74, 6) is 2.15. The molecule has 1 aromatic carbocycles. The summed E-state index contributed by atoms with van der Waals surface area (Å²) < 4.78 is 16.0. The van der Waals surface area contributed by atoms with Crippen LogP contribution < -0.4 is 4.74 Å². The maximum Gasteiger partial charge on any atom is 0.336 e. The van der Waals surface area contributed by atoms with Gasteiger partial charge in [0.05, 0.1) is 12.7 Å². The number of furan rings is 1. The number of carbonyl (C=O) groups excluding carboxylic acids is 1. The molecule has 1 aliphatic rings. The topological polar surface area (TPSA) is 48.7 Å². The van der Waals surface area contributed by atoms with Gasteiger partial charge in [0.15, 0.2) is 0 Å². The smallest absolute Gasteiger partial charge is 0.336 e. The highest BCUT2D eigenvalue weighted by atomic mass is 16.5. The molecule has 0 saturated carbocycles. The summed E-state index contributed by atoms with van der Waals surface area (Å²) >= 11 is 0. The lowest BCUT2D eigenvalue weighted by Crippen LogP contribution is -1.89. The minimum atomic E-state index is -0.368. The Bertz CT molecular complexity index is 707. The van der Waals surface area contributed by atoms with E-state index in [4.69, 9.17) is 13.9 Å². The molecule has 20 heavy (non-hydrogen) atoms. The van der Waals surface area contributed by atoms with Crippen molar-refractivity contribution < 1.29 is 18.7 Å². The van der Waals surface area contributed by atoms with Crippen LogP contribution >= 0.6 is 0 Å². The van der Waals surface area contributed by atoms with Crippen molar-refractivity contribution in [2.75, 3.05) is 7.11 Å². The molecule has 0 aliphatic carbocycles. The molecular weight excluding hydrogens is 256 g/mol. The molecule has 100 valence electrons. The second-order valence-corrected chi connectivity index (χ2v) is 4.20. The van der Waals surface area contributed by atoms with Gasteiger partial charge in [-0.25, -0.2) is 4.79 Å². The third-order valence-electron chi connectivity index (χ3n) is 2.89. The fourth-order valence-corrected chi connectivity index (χ4v) is 1.98. The van der Waals surface area contributed by atoms with E-state index in [0.29, 0.717) is 17.3 Å². The van der Waals surface area contributed by atoms with Crippen molar-refractivity contribution in [2.24, 2.45) is 0 Å². The molecule has 1 aliphatic heterocycles. The van der Waals surface area contributed by atoms with Crippen molar-refractivity contribution in [1.29, 1.82) is 0 Å². The molecule has 0 saturated heterocycles. The first kappa shape index (κ1) is 12.3. The van der Waals surface area contributed by atoms with Crippen LogP contribution in [-0.4, -0.2) is 13.1 Å². The number of carbonyl (C=O) groups is 1. The number of para-hydroxylation sites is 1. The Morgan fingerprint density at radius 2 is 1.95 bits per heavy atom. The standard InChI is InChI=1S/C16H12O4/c1-18-14-5-3-2-4-13(14)15-8-6-11(19-15)10-12-7-9-16(17)20-12/h2-10H,1H3. The average Bonchev–Trinajstić information content (AvgIpc) is 3.08. The predicted molar refractivity (Wildman–Crippen MR) is 73.9 cm³/mol. The van der Waals surface area contributed by atoms with Gasteiger partial charge in [0, 0.05) is 12.2 Å². The van der Waals surface area contributed by atoms with Crippen LogP contribution in [-0.2, 0) is 9.53 Å². The molecule has 2 heterocycles. The van der Waals surface area contributed by atoms with E-state index in [1.165, 1.54) is 6.08 Å². The number of cyclic esters (lactones) is 1. The van der Waals surface area contributed by atoms with Crippen LogP contribution in [0.4, 0.5) is 0 Å². The normalized spacial score (nSPS) is 15.7. The molecule has 0 fully saturated rings. The van der Waals surface area contributed by atoms with Gasteiger partial charge in [0.2, 0.25) is 0 Å². The fourth-order valence-electron chi connectivity index (χ4n) is 1.98. The van der Waals surface area contributed by atoms with Gasteiger partial charge in [-0.2, -0.15) is 0 Å². The zero-order valence-corrected chi connectivity index (χ0v) is 10.8. The van der Waals surface area contributed by atoms with E-state index >= 15 is 0 Å². The first-order valence-corrected chi connectivity index (χ1v) is 6.11. The van der Waals surface area contributed by atoms with Crippen molar-refractivity contribution in [3.63, 3.8) is 0 Å². The lowest BCUT2D eigenvalue weighted by atomic mass is 10.1. The maximum atomic E-state index is 11.0. The van der Waals surface area contributed by atoms with Crippen LogP contribution in [0.25, 0.3) is 17.4 Å². The Morgan fingerprint density at radius 3 is 2.70 bits per heavy atom. The summed E-state index contributed by atoms with van der Waals surface area (Å²) in [6.07, 6.45) is 4.64. The van der Waals surface area contributed by atoms with Crippen molar-refractivity contribution in [2.45, 2.75) is 0 Å². The largest absolute Gasteiger partial charge is 0.496 e. The summed E-state index contributed by atoms with van der Waals surface area (Å²) in [5.41, 5.74) is 0.874. The minimum Gasteiger partial charge on any atom is -0.496 e. The summed E-state index contributed by atoms with van der Waals surface area (Å²) in [6.45, 7) is 0. The van der Waals surface area contributed by atoms with Gasteiger partial charge in [-0.3, -0.25) is 0 Å². The summed E-state index contributed by atoms with van der Waals surface area (Å²) in [4.78, 5) is 11.0. The zero-order valence-electron chi connectivity index (χ0n) is 10.8. The van der Waals surface area contributed by atoms with E-state index in [1.54, 1.807) is 19.3 Å². The van der Waals surface area contributed by atoms with Gasteiger partial charge in [-0.1, -0.05) is 12.1 Å². The van der Waals surface area contributed by atoms with E-state index in [-0.39, 0.29) is 5.97 Å². The highest BCUT2D eigenvalue weighted by Gasteiger charge is 2.12. The molecule has 1 aromatic heterocycles. The Kier molecular flexibility index (Phi) is 3.13. The fraction of sp³-hybridized carbons (Fsp3) is 0.0625. The highest BCUT2D eigenvalue weighted by molar-refractivity contribution is 5.87. The van der Waals surface area contributed by atoms with Gasteiger partial charge in [0.25, 0.3) is 0 Å². The molecule has 4 nitrogen and oxygen atoms in total. The second kappa shape index (κ2) is 5.09. The predicted octanol–water partition coefficient (Wildman–Crippen LogP) is 3.41. The summed E-state index contributed by atoms with van der Waals surface area (Å²) in [6, 6.07) is 11.3. The van der Waals surface area contributed by atoms with E-state index in [2.05, 4.69) is 0 Å². The van der Waals surface area contributed by atoms with Crippen LogP contribution in [0.1, 0.15) is 5.76 Å². The maximum absolute atomic E-state index is 11.0. The van der Waals surface area contributed by atoms with Crippen LogP contribution in [0, 0.1) is 0 Å². The lowest BCUT2D eigenvalue weighted by molar-refractivity contribution is -0.132. The quantitative estimate of drug-likeness (QED) is 0.800. The van der Waals surface area contributed by atoms with E-state index in [0.717, 1.165) is 11.3 Å². The number of rotatable bonds is 3. The number of methoxy groups -OCH3 is 1. The van der Waals surface area contributed by atoms with E-state index < -0.39 is 0 Å². The first-order chi connectivity index (χ1) is 9.76. The van der Waals surface area contributed by atoms with Gasteiger partial charge < -0.3 is 13.9 Å². The number of hydrogen-bond acceptors (Lipinski definition) is 4. The highest BCUT2D eigenvalue weighted by Crippen LogP contribution is 2.31. The lowest BCUT2D eigenvalue weighted by Gasteiger charge is -2.04. The molecule has 2 aromatic rings. The third-order valence-corrected chi connectivity index (χ3v) is 2.89. The first-order valence-electron chi connectivity index (χ1n) is 6.11. The third kappa shape index (κ3) is 2.36. The van der Waals surface area contributed by atoms with Crippen LogP contribution in [0.2, 0.25) is 0 Å². The Hall–Kier alpha value is -2.75. The van der Waals surface area contributed by atoms with Crippen molar-refractivity contribution in [3.8, 4) is 17.1 Å².